The second kappa shape index (κ2) is 6.81. The molecule has 0 aliphatic carbocycles. The van der Waals surface area contributed by atoms with Crippen LogP contribution in [0.3, 0.4) is 0 Å². The lowest BCUT2D eigenvalue weighted by atomic mass is 10.2. The van der Waals surface area contributed by atoms with Crippen molar-refractivity contribution < 1.29 is 0 Å². The van der Waals surface area contributed by atoms with Crippen molar-refractivity contribution in [1.82, 2.24) is 4.98 Å². The van der Waals surface area contributed by atoms with Crippen LogP contribution in [0.25, 0.3) is 0 Å². The first kappa shape index (κ1) is 13.4. The van der Waals surface area contributed by atoms with Gasteiger partial charge in [0.15, 0.2) is 5.13 Å². The molecule has 2 nitrogen and oxygen atoms in total. The van der Waals surface area contributed by atoms with Crippen molar-refractivity contribution in [3.05, 3.63) is 40.9 Å². The summed E-state index contributed by atoms with van der Waals surface area (Å²) in [6.45, 7) is 5.27. The summed E-state index contributed by atoms with van der Waals surface area (Å²) in [6.07, 6.45) is 3.11. The van der Waals surface area contributed by atoms with Crippen LogP contribution >= 0.6 is 23.1 Å². The van der Waals surface area contributed by atoms with Gasteiger partial charge in [-0.2, -0.15) is 0 Å². The average Bonchev–Trinajstić information content (AvgIpc) is 2.84. The first-order valence-corrected chi connectivity index (χ1v) is 7.96. The van der Waals surface area contributed by atoms with E-state index in [1.54, 1.807) is 11.3 Å². The zero-order valence-corrected chi connectivity index (χ0v) is 12.4. The summed E-state index contributed by atoms with van der Waals surface area (Å²) in [5.74, 6) is 0.995. The van der Waals surface area contributed by atoms with Gasteiger partial charge in [0, 0.05) is 28.3 Å². The molecule has 2 aromatic rings. The predicted octanol–water partition coefficient (Wildman–Crippen LogP) is 4.57. The number of hydrogen-bond acceptors (Lipinski definition) is 4. The van der Waals surface area contributed by atoms with Gasteiger partial charge in [0.2, 0.25) is 0 Å². The van der Waals surface area contributed by atoms with Crippen molar-refractivity contribution in [3.8, 4) is 0 Å². The van der Waals surface area contributed by atoms with Crippen molar-refractivity contribution >= 4 is 28.2 Å². The fraction of sp³-hybridized carbons (Fsp3) is 0.357. The lowest BCUT2D eigenvalue weighted by Crippen LogP contribution is -1.97. The zero-order valence-electron chi connectivity index (χ0n) is 10.8. The molecule has 0 aliphatic heterocycles. The summed E-state index contributed by atoms with van der Waals surface area (Å²) in [7, 11) is 0. The van der Waals surface area contributed by atoms with Crippen molar-refractivity contribution in [1.29, 1.82) is 0 Å². The van der Waals surface area contributed by atoms with Gasteiger partial charge in [-0.1, -0.05) is 24.6 Å². The molecule has 1 aromatic carbocycles. The van der Waals surface area contributed by atoms with Gasteiger partial charge in [-0.15, -0.1) is 23.1 Å². The molecular weight excluding hydrogens is 260 g/mol. The van der Waals surface area contributed by atoms with Gasteiger partial charge in [0.25, 0.3) is 0 Å². The van der Waals surface area contributed by atoms with Gasteiger partial charge in [-0.05, 0) is 25.5 Å². The molecule has 96 valence electrons. The third kappa shape index (κ3) is 4.03. The van der Waals surface area contributed by atoms with Crippen LogP contribution in [0.1, 0.15) is 23.8 Å². The summed E-state index contributed by atoms with van der Waals surface area (Å²) < 4.78 is 0. The molecule has 1 heterocycles. The molecule has 0 bridgehead atoms. The lowest BCUT2D eigenvalue weighted by molar-refractivity contribution is 0.976. The third-order valence-corrected chi connectivity index (χ3v) is 4.68. The molecule has 0 radical (unpaired) electrons. The molecular formula is C14H18N2S2. The number of thiazole rings is 1. The average molecular weight is 278 g/mol. The Bertz CT molecular complexity index is 477. The third-order valence-electron chi connectivity index (χ3n) is 2.48. The van der Waals surface area contributed by atoms with E-state index in [0.29, 0.717) is 0 Å². The predicted molar refractivity (Wildman–Crippen MR) is 81.6 cm³/mol. The maximum absolute atomic E-state index is 4.37. The first-order chi connectivity index (χ1) is 8.78. The Hall–Kier alpha value is -1.00. The molecule has 2 rings (SSSR count). The fourth-order valence-electron chi connectivity index (χ4n) is 1.48. The Labute approximate surface area is 117 Å². The smallest absolute Gasteiger partial charge is 0.182 e. The van der Waals surface area contributed by atoms with Crippen molar-refractivity contribution in [2.24, 2.45) is 0 Å². The van der Waals surface area contributed by atoms with Crippen LogP contribution in [-0.2, 0) is 5.75 Å². The standard InChI is InChI=1S/C14H18N2S2/c1-3-8-15-14-16-9-13(18-14)10-17-12-6-4-11(2)5-7-12/h4-7,9H,3,8,10H2,1-2H3,(H,15,16). The fourth-order valence-corrected chi connectivity index (χ4v) is 3.23. The number of hydrogen-bond donors (Lipinski definition) is 1. The molecule has 0 fully saturated rings. The monoisotopic (exact) mass is 278 g/mol. The van der Waals surface area contributed by atoms with E-state index in [-0.39, 0.29) is 0 Å². The largest absolute Gasteiger partial charge is 0.362 e. The molecule has 0 saturated heterocycles. The number of nitrogens with zero attached hydrogens (tertiary/aromatic N) is 1. The highest BCUT2D eigenvalue weighted by Gasteiger charge is 2.02. The van der Waals surface area contributed by atoms with Gasteiger partial charge >= 0.3 is 0 Å². The Morgan fingerprint density at radius 3 is 2.78 bits per heavy atom. The van der Waals surface area contributed by atoms with E-state index >= 15 is 0 Å². The van der Waals surface area contributed by atoms with Crippen LogP contribution in [0, 0.1) is 6.92 Å². The van der Waals surface area contributed by atoms with E-state index < -0.39 is 0 Å². The molecule has 0 unspecified atom stereocenters. The molecule has 1 aromatic heterocycles. The Balaban J connectivity index is 1.86. The summed E-state index contributed by atoms with van der Waals surface area (Å²) in [6, 6.07) is 8.67. The quantitative estimate of drug-likeness (QED) is 0.784. The Morgan fingerprint density at radius 1 is 1.28 bits per heavy atom. The van der Waals surface area contributed by atoms with Crippen LogP contribution < -0.4 is 5.32 Å². The SMILES string of the molecule is CCCNc1ncc(CSc2ccc(C)cc2)s1. The first-order valence-electron chi connectivity index (χ1n) is 6.16. The number of anilines is 1. The molecule has 0 spiro atoms. The van der Waals surface area contributed by atoms with Crippen LogP contribution in [-0.4, -0.2) is 11.5 Å². The molecule has 18 heavy (non-hydrogen) atoms. The highest BCUT2D eigenvalue weighted by atomic mass is 32.2. The van der Waals surface area contributed by atoms with Gasteiger partial charge in [0.1, 0.15) is 0 Å². The minimum absolute atomic E-state index is 0.995. The van der Waals surface area contributed by atoms with Crippen LogP contribution in [0.4, 0.5) is 5.13 Å². The minimum Gasteiger partial charge on any atom is -0.362 e. The number of aryl methyl sites for hydroxylation is 1. The summed E-state index contributed by atoms with van der Waals surface area (Å²) >= 11 is 3.61. The maximum atomic E-state index is 4.37. The topological polar surface area (TPSA) is 24.9 Å². The second-order valence-electron chi connectivity index (χ2n) is 4.16. The van der Waals surface area contributed by atoms with E-state index in [9.17, 15) is 0 Å². The second-order valence-corrected chi connectivity index (χ2v) is 6.32. The summed E-state index contributed by atoms with van der Waals surface area (Å²) in [5, 5.41) is 4.36. The Kier molecular flexibility index (Phi) is 5.08. The van der Waals surface area contributed by atoms with E-state index in [4.69, 9.17) is 0 Å². The van der Waals surface area contributed by atoms with Crippen LogP contribution in [0.15, 0.2) is 35.4 Å². The lowest BCUT2D eigenvalue weighted by Gasteiger charge is -2.00. The van der Waals surface area contributed by atoms with Crippen LogP contribution in [0.5, 0.6) is 0 Å². The summed E-state index contributed by atoms with van der Waals surface area (Å²) in [4.78, 5) is 7.01. The molecule has 1 N–H and O–H groups in total. The number of aromatic nitrogens is 1. The molecule has 0 amide bonds. The normalized spacial score (nSPS) is 10.6. The van der Waals surface area contributed by atoms with Crippen molar-refractivity contribution in [2.45, 2.75) is 30.9 Å². The van der Waals surface area contributed by atoms with Gasteiger partial charge in [0.05, 0.1) is 0 Å². The number of nitrogens with one attached hydrogen (secondary N) is 1. The van der Waals surface area contributed by atoms with E-state index in [1.165, 1.54) is 15.3 Å². The van der Waals surface area contributed by atoms with Crippen LogP contribution in [0.2, 0.25) is 0 Å². The van der Waals surface area contributed by atoms with Gasteiger partial charge in [-0.25, -0.2) is 4.98 Å². The molecule has 4 heteroatoms. The van der Waals surface area contributed by atoms with Crippen molar-refractivity contribution in [2.75, 3.05) is 11.9 Å². The highest BCUT2D eigenvalue weighted by Crippen LogP contribution is 2.27. The van der Waals surface area contributed by atoms with Gasteiger partial charge < -0.3 is 5.32 Å². The van der Waals surface area contributed by atoms with E-state index in [0.717, 1.165) is 23.8 Å². The number of rotatable bonds is 6. The zero-order chi connectivity index (χ0) is 12.8. The molecule has 0 atom stereocenters. The maximum Gasteiger partial charge on any atom is 0.182 e. The van der Waals surface area contributed by atoms with E-state index in [2.05, 4.69) is 48.4 Å². The molecule has 0 aliphatic rings. The van der Waals surface area contributed by atoms with E-state index in [1.807, 2.05) is 18.0 Å². The highest BCUT2D eigenvalue weighted by molar-refractivity contribution is 7.98. The number of benzene rings is 1. The molecule has 0 saturated carbocycles. The van der Waals surface area contributed by atoms with Gasteiger partial charge in [-0.3, -0.25) is 0 Å². The minimum atomic E-state index is 0.995. The number of thioether (sulfide) groups is 1. The van der Waals surface area contributed by atoms with Crippen molar-refractivity contribution in [3.63, 3.8) is 0 Å². The summed E-state index contributed by atoms with van der Waals surface area (Å²) in [5.41, 5.74) is 1.31. The Morgan fingerprint density at radius 2 is 2.06 bits per heavy atom.